The molecule has 0 aromatic heterocycles. The minimum Gasteiger partial charge on any atom is -0.494 e. The van der Waals surface area contributed by atoms with Crippen molar-refractivity contribution in [2.45, 2.75) is 19.8 Å². The summed E-state index contributed by atoms with van der Waals surface area (Å²) in [5.41, 5.74) is 6.27. The highest BCUT2D eigenvalue weighted by molar-refractivity contribution is 5.92. The quantitative estimate of drug-likeness (QED) is 0.559. The van der Waals surface area contributed by atoms with E-state index in [0.29, 0.717) is 25.2 Å². The number of ether oxygens (including phenoxy) is 1. The first-order chi connectivity index (χ1) is 11.4. The second-order valence-corrected chi connectivity index (χ2v) is 6.48. The van der Waals surface area contributed by atoms with E-state index in [9.17, 15) is 14.9 Å². The normalized spacial score (nSPS) is 20.0. The molecule has 1 aromatic carbocycles. The molecule has 1 aliphatic rings. The van der Waals surface area contributed by atoms with Crippen molar-refractivity contribution in [1.29, 1.82) is 0 Å². The maximum absolute atomic E-state index is 12.1. The van der Waals surface area contributed by atoms with E-state index in [0.717, 1.165) is 19.5 Å². The van der Waals surface area contributed by atoms with Crippen LogP contribution in [0.5, 0.6) is 5.75 Å². The number of rotatable bonds is 7. The standard InChI is InChI=1S/C16H24N4O4.ClH/c1-16(10-17)6-8-19(11-16)7-5-15(21)18-13-4-3-12(20(22)23)9-14(13)24-2;/h3-4,9H,5-8,10-11,17H2,1-2H3,(H,18,21);1H. The number of nitrogens with two attached hydrogens (primary N) is 1. The fourth-order valence-electron chi connectivity index (χ4n) is 2.85. The van der Waals surface area contributed by atoms with Crippen LogP contribution >= 0.6 is 12.4 Å². The molecule has 140 valence electrons. The fourth-order valence-corrected chi connectivity index (χ4v) is 2.85. The van der Waals surface area contributed by atoms with Gasteiger partial charge in [-0.25, -0.2) is 0 Å². The van der Waals surface area contributed by atoms with Gasteiger partial charge in [0.15, 0.2) is 0 Å². The summed E-state index contributed by atoms with van der Waals surface area (Å²) in [6, 6.07) is 4.12. The second kappa shape index (κ2) is 8.98. The van der Waals surface area contributed by atoms with Gasteiger partial charge in [0.25, 0.3) is 5.69 Å². The number of benzene rings is 1. The van der Waals surface area contributed by atoms with E-state index >= 15 is 0 Å². The molecule has 9 heteroatoms. The van der Waals surface area contributed by atoms with Gasteiger partial charge in [-0.15, -0.1) is 12.4 Å². The van der Waals surface area contributed by atoms with E-state index < -0.39 is 4.92 Å². The third-order valence-corrected chi connectivity index (χ3v) is 4.45. The Labute approximate surface area is 153 Å². The van der Waals surface area contributed by atoms with Crippen LogP contribution in [-0.4, -0.2) is 49.0 Å². The van der Waals surface area contributed by atoms with Gasteiger partial charge in [-0.1, -0.05) is 6.92 Å². The smallest absolute Gasteiger partial charge is 0.273 e. The van der Waals surface area contributed by atoms with Crippen LogP contribution in [0.4, 0.5) is 11.4 Å². The number of likely N-dealkylation sites (tertiary alicyclic amines) is 1. The zero-order chi connectivity index (χ0) is 17.7. The number of halogens is 1. The van der Waals surface area contributed by atoms with E-state index in [4.69, 9.17) is 10.5 Å². The maximum atomic E-state index is 12.1. The highest BCUT2D eigenvalue weighted by Gasteiger charge is 2.32. The Hall–Kier alpha value is -1.90. The van der Waals surface area contributed by atoms with Gasteiger partial charge < -0.3 is 20.7 Å². The van der Waals surface area contributed by atoms with Gasteiger partial charge >= 0.3 is 0 Å². The lowest BCUT2D eigenvalue weighted by Gasteiger charge is -2.22. The summed E-state index contributed by atoms with van der Waals surface area (Å²) in [7, 11) is 1.41. The van der Waals surface area contributed by atoms with Crippen LogP contribution in [0.25, 0.3) is 0 Å². The first-order valence-corrected chi connectivity index (χ1v) is 7.91. The van der Waals surface area contributed by atoms with Crippen LogP contribution < -0.4 is 15.8 Å². The Balaban J connectivity index is 0.00000312. The first-order valence-electron chi connectivity index (χ1n) is 7.91. The molecule has 1 amide bonds. The summed E-state index contributed by atoms with van der Waals surface area (Å²) < 4.78 is 5.11. The van der Waals surface area contributed by atoms with Crippen LogP contribution in [0.1, 0.15) is 19.8 Å². The van der Waals surface area contributed by atoms with E-state index in [1.54, 1.807) is 0 Å². The van der Waals surface area contributed by atoms with Gasteiger partial charge in [-0.3, -0.25) is 14.9 Å². The third kappa shape index (κ3) is 5.55. The molecule has 1 aliphatic heterocycles. The summed E-state index contributed by atoms with van der Waals surface area (Å²) >= 11 is 0. The lowest BCUT2D eigenvalue weighted by atomic mass is 9.90. The third-order valence-electron chi connectivity index (χ3n) is 4.45. The van der Waals surface area contributed by atoms with Crippen molar-refractivity contribution in [1.82, 2.24) is 4.90 Å². The molecule has 25 heavy (non-hydrogen) atoms. The molecule has 1 unspecified atom stereocenters. The number of amides is 1. The van der Waals surface area contributed by atoms with Crippen molar-refractivity contribution < 1.29 is 14.5 Å². The Kier molecular flexibility index (Phi) is 7.60. The second-order valence-electron chi connectivity index (χ2n) is 6.48. The number of nitro groups is 1. The number of carbonyl (C=O) groups excluding carboxylic acids is 1. The molecule has 3 N–H and O–H groups in total. The highest BCUT2D eigenvalue weighted by atomic mass is 35.5. The summed E-state index contributed by atoms with van der Waals surface area (Å²) in [6.45, 7) is 5.32. The van der Waals surface area contributed by atoms with Gasteiger partial charge in [-0.05, 0) is 31.0 Å². The highest BCUT2D eigenvalue weighted by Crippen LogP contribution is 2.30. The Morgan fingerprint density at radius 2 is 2.24 bits per heavy atom. The van der Waals surface area contributed by atoms with Gasteiger partial charge in [-0.2, -0.15) is 0 Å². The lowest BCUT2D eigenvalue weighted by molar-refractivity contribution is -0.384. The van der Waals surface area contributed by atoms with Crippen molar-refractivity contribution in [3.05, 3.63) is 28.3 Å². The number of hydrogen-bond donors (Lipinski definition) is 2. The van der Waals surface area contributed by atoms with Crippen molar-refractivity contribution in [2.24, 2.45) is 11.1 Å². The van der Waals surface area contributed by atoms with Crippen LogP contribution in [0.15, 0.2) is 18.2 Å². The number of carbonyl (C=O) groups is 1. The molecular weight excluding hydrogens is 348 g/mol. The van der Waals surface area contributed by atoms with Crippen LogP contribution in [-0.2, 0) is 4.79 Å². The van der Waals surface area contributed by atoms with E-state index in [1.807, 2.05) is 0 Å². The average molecular weight is 373 g/mol. The van der Waals surface area contributed by atoms with Gasteiger partial charge in [0.1, 0.15) is 5.75 Å². The molecule has 0 bridgehead atoms. The molecular formula is C16H25ClN4O4. The number of nitro benzene ring substituents is 1. The number of anilines is 1. The average Bonchev–Trinajstić information content (AvgIpc) is 2.95. The molecule has 0 radical (unpaired) electrons. The molecule has 2 rings (SSSR count). The molecule has 1 aromatic rings. The number of hydrogen-bond acceptors (Lipinski definition) is 6. The van der Waals surface area contributed by atoms with Gasteiger partial charge in [0, 0.05) is 25.6 Å². The van der Waals surface area contributed by atoms with E-state index in [2.05, 4.69) is 17.1 Å². The Morgan fingerprint density at radius 3 is 2.80 bits per heavy atom. The molecule has 8 nitrogen and oxygen atoms in total. The number of nitrogens with one attached hydrogen (secondary N) is 1. The largest absolute Gasteiger partial charge is 0.494 e. The molecule has 1 saturated heterocycles. The summed E-state index contributed by atoms with van der Waals surface area (Å²) in [5, 5.41) is 13.5. The van der Waals surface area contributed by atoms with Crippen LogP contribution in [0.2, 0.25) is 0 Å². The minimum atomic E-state index is -0.504. The Morgan fingerprint density at radius 1 is 1.52 bits per heavy atom. The molecule has 0 aliphatic carbocycles. The van der Waals surface area contributed by atoms with Gasteiger partial charge in [0.2, 0.25) is 5.91 Å². The fraction of sp³-hybridized carbons (Fsp3) is 0.562. The molecule has 1 heterocycles. The SMILES string of the molecule is COc1cc([N+](=O)[O-])ccc1NC(=O)CCN1CCC(C)(CN)C1.Cl. The number of methoxy groups -OCH3 is 1. The lowest BCUT2D eigenvalue weighted by Crippen LogP contribution is -2.32. The topological polar surface area (TPSA) is 111 Å². The summed E-state index contributed by atoms with van der Waals surface area (Å²) in [4.78, 5) is 24.6. The molecule has 0 spiro atoms. The molecule has 0 saturated carbocycles. The number of non-ortho nitro benzene ring substituents is 1. The first kappa shape index (κ1) is 21.1. The number of nitrogens with zero attached hydrogens (tertiary/aromatic N) is 2. The van der Waals surface area contributed by atoms with E-state index in [-0.39, 0.29) is 35.2 Å². The zero-order valence-electron chi connectivity index (χ0n) is 14.5. The summed E-state index contributed by atoms with van der Waals surface area (Å²) in [6.07, 6.45) is 1.39. The maximum Gasteiger partial charge on any atom is 0.273 e. The van der Waals surface area contributed by atoms with Crippen molar-refractivity contribution in [2.75, 3.05) is 38.6 Å². The van der Waals surface area contributed by atoms with Crippen LogP contribution in [0, 0.1) is 15.5 Å². The Bertz CT molecular complexity index is 628. The summed E-state index contributed by atoms with van der Waals surface area (Å²) in [5.74, 6) is 0.123. The molecule has 1 fully saturated rings. The minimum absolute atomic E-state index is 0. The predicted molar refractivity (Wildman–Crippen MR) is 98.4 cm³/mol. The van der Waals surface area contributed by atoms with Crippen molar-refractivity contribution in [3.63, 3.8) is 0 Å². The van der Waals surface area contributed by atoms with Crippen LogP contribution in [0.3, 0.4) is 0 Å². The zero-order valence-corrected chi connectivity index (χ0v) is 15.3. The predicted octanol–water partition coefficient (Wildman–Crippen LogP) is 2.02. The monoisotopic (exact) mass is 372 g/mol. The van der Waals surface area contributed by atoms with E-state index in [1.165, 1.54) is 25.3 Å². The van der Waals surface area contributed by atoms with Crippen molar-refractivity contribution in [3.8, 4) is 5.75 Å². The van der Waals surface area contributed by atoms with Gasteiger partial charge in [0.05, 0.1) is 23.8 Å². The molecule has 1 atom stereocenters. The van der Waals surface area contributed by atoms with Crippen molar-refractivity contribution >= 4 is 29.7 Å².